The summed E-state index contributed by atoms with van der Waals surface area (Å²) in [7, 11) is 1.64. The van der Waals surface area contributed by atoms with Gasteiger partial charge in [-0.25, -0.2) is 0 Å². The fourth-order valence-corrected chi connectivity index (χ4v) is 4.91. The van der Waals surface area contributed by atoms with E-state index in [1.807, 2.05) is 54.6 Å². The summed E-state index contributed by atoms with van der Waals surface area (Å²) in [6, 6.07) is 26.1. The Morgan fingerprint density at radius 2 is 1.64 bits per heavy atom. The highest BCUT2D eigenvalue weighted by Crippen LogP contribution is 2.37. The third-order valence-electron chi connectivity index (χ3n) is 6.69. The molecule has 2 aliphatic rings. The van der Waals surface area contributed by atoms with Crippen molar-refractivity contribution in [3.63, 3.8) is 0 Å². The lowest BCUT2D eigenvalue weighted by Gasteiger charge is -2.43. The number of nitrogens with zero attached hydrogens (tertiary/aromatic N) is 2. The lowest BCUT2D eigenvalue weighted by Crippen LogP contribution is -2.56. The molecule has 2 saturated heterocycles. The van der Waals surface area contributed by atoms with Crippen LogP contribution >= 0.6 is 0 Å². The minimum Gasteiger partial charge on any atom is -0.493 e. The molecule has 0 bridgehead atoms. The molecule has 0 atom stereocenters. The number of piperidine rings is 1. The van der Waals surface area contributed by atoms with E-state index in [1.54, 1.807) is 7.11 Å². The summed E-state index contributed by atoms with van der Waals surface area (Å²) in [5, 5.41) is 3.07. The van der Waals surface area contributed by atoms with Gasteiger partial charge < -0.3 is 19.7 Å². The molecule has 170 valence electrons. The van der Waals surface area contributed by atoms with Crippen LogP contribution in [0.15, 0.2) is 78.9 Å². The van der Waals surface area contributed by atoms with Gasteiger partial charge in [-0.15, -0.1) is 0 Å². The maximum atomic E-state index is 12.9. The van der Waals surface area contributed by atoms with Gasteiger partial charge in [-0.05, 0) is 54.8 Å². The van der Waals surface area contributed by atoms with Crippen LogP contribution in [0.25, 0.3) is 0 Å². The van der Waals surface area contributed by atoms with E-state index >= 15 is 0 Å². The Hall–Kier alpha value is -3.51. The standard InChI is InChI=1S/C27H29N3O3/c1-32-24-12-5-6-13-25(24)33-23-11-7-8-21(18-23)19-29-16-14-27(15-17-29)26(31)28-20-30(27)22-9-3-2-4-10-22/h2-13,18H,14-17,19-20H2,1H3,(H,28,31). The van der Waals surface area contributed by atoms with Gasteiger partial charge in [0.1, 0.15) is 11.3 Å². The molecule has 3 aromatic rings. The molecule has 2 fully saturated rings. The van der Waals surface area contributed by atoms with E-state index in [-0.39, 0.29) is 5.91 Å². The molecule has 2 heterocycles. The largest absolute Gasteiger partial charge is 0.493 e. The van der Waals surface area contributed by atoms with Crippen LogP contribution in [0.4, 0.5) is 5.69 Å². The monoisotopic (exact) mass is 443 g/mol. The normalized spacial score (nSPS) is 17.7. The molecular formula is C27H29N3O3. The van der Waals surface area contributed by atoms with Crippen molar-refractivity contribution >= 4 is 11.6 Å². The van der Waals surface area contributed by atoms with Gasteiger partial charge in [0.25, 0.3) is 0 Å². The zero-order chi connectivity index (χ0) is 22.7. The maximum absolute atomic E-state index is 12.9. The zero-order valence-electron chi connectivity index (χ0n) is 18.9. The Labute approximate surface area is 194 Å². The van der Waals surface area contributed by atoms with Crippen LogP contribution in [-0.2, 0) is 11.3 Å². The minimum atomic E-state index is -0.452. The zero-order valence-corrected chi connectivity index (χ0v) is 18.9. The molecule has 2 aliphatic heterocycles. The molecule has 33 heavy (non-hydrogen) atoms. The van der Waals surface area contributed by atoms with Crippen LogP contribution < -0.4 is 19.7 Å². The lowest BCUT2D eigenvalue weighted by atomic mass is 9.85. The first-order valence-electron chi connectivity index (χ1n) is 11.4. The van der Waals surface area contributed by atoms with Gasteiger partial charge in [0.15, 0.2) is 11.5 Å². The fraction of sp³-hybridized carbons (Fsp3) is 0.296. The van der Waals surface area contributed by atoms with Gasteiger partial charge in [-0.3, -0.25) is 9.69 Å². The van der Waals surface area contributed by atoms with Gasteiger partial charge in [-0.1, -0.05) is 42.5 Å². The second kappa shape index (κ2) is 9.16. The Kier molecular flexibility index (Phi) is 5.92. The van der Waals surface area contributed by atoms with E-state index in [0.29, 0.717) is 18.2 Å². The van der Waals surface area contributed by atoms with E-state index in [9.17, 15) is 4.79 Å². The molecule has 1 spiro atoms. The van der Waals surface area contributed by atoms with E-state index in [2.05, 4.69) is 39.4 Å². The average Bonchev–Trinajstić information content (AvgIpc) is 3.17. The van der Waals surface area contributed by atoms with E-state index in [0.717, 1.165) is 43.9 Å². The second-order valence-corrected chi connectivity index (χ2v) is 8.64. The van der Waals surface area contributed by atoms with Gasteiger partial charge in [0.05, 0.1) is 13.8 Å². The predicted octanol–water partition coefficient (Wildman–Crippen LogP) is 4.42. The van der Waals surface area contributed by atoms with Crippen molar-refractivity contribution in [2.45, 2.75) is 24.9 Å². The number of hydrogen-bond acceptors (Lipinski definition) is 5. The first-order chi connectivity index (χ1) is 16.2. The highest BCUT2D eigenvalue weighted by atomic mass is 16.5. The number of para-hydroxylation sites is 3. The van der Waals surface area contributed by atoms with E-state index < -0.39 is 5.54 Å². The molecule has 6 nitrogen and oxygen atoms in total. The minimum absolute atomic E-state index is 0.151. The summed E-state index contributed by atoms with van der Waals surface area (Å²) < 4.78 is 11.5. The van der Waals surface area contributed by atoms with E-state index in [1.165, 1.54) is 5.56 Å². The highest BCUT2D eigenvalue weighted by molar-refractivity contribution is 5.93. The Balaban J connectivity index is 1.25. The summed E-state index contributed by atoms with van der Waals surface area (Å²) in [4.78, 5) is 17.5. The Morgan fingerprint density at radius 1 is 0.909 bits per heavy atom. The number of anilines is 1. The molecular weight excluding hydrogens is 414 g/mol. The maximum Gasteiger partial charge on any atom is 0.247 e. The summed E-state index contributed by atoms with van der Waals surface area (Å²) >= 11 is 0. The van der Waals surface area contributed by atoms with Crippen LogP contribution in [0, 0.1) is 0 Å². The Morgan fingerprint density at radius 3 is 2.39 bits per heavy atom. The molecule has 0 unspecified atom stereocenters. The summed E-state index contributed by atoms with van der Waals surface area (Å²) in [5.74, 6) is 2.35. The number of rotatable bonds is 6. The van der Waals surface area contributed by atoms with Crippen molar-refractivity contribution < 1.29 is 14.3 Å². The summed E-state index contributed by atoms with van der Waals surface area (Å²) in [6.07, 6.45) is 1.62. The first kappa shape index (κ1) is 21.3. The highest BCUT2D eigenvalue weighted by Gasteiger charge is 2.50. The van der Waals surface area contributed by atoms with Crippen molar-refractivity contribution in [3.8, 4) is 17.2 Å². The van der Waals surface area contributed by atoms with Gasteiger partial charge >= 0.3 is 0 Å². The number of hydrogen-bond donors (Lipinski definition) is 1. The summed E-state index contributed by atoms with van der Waals surface area (Å²) in [5.41, 5.74) is 1.84. The number of methoxy groups -OCH3 is 1. The lowest BCUT2D eigenvalue weighted by molar-refractivity contribution is -0.125. The number of carbonyl (C=O) groups excluding carboxylic acids is 1. The molecule has 0 radical (unpaired) electrons. The van der Waals surface area contributed by atoms with Gasteiger partial charge in [0, 0.05) is 25.3 Å². The number of nitrogens with one attached hydrogen (secondary N) is 1. The Bertz CT molecular complexity index is 1110. The van der Waals surface area contributed by atoms with Crippen LogP contribution in [0.2, 0.25) is 0 Å². The van der Waals surface area contributed by atoms with Gasteiger partial charge in [0.2, 0.25) is 5.91 Å². The van der Waals surface area contributed by atoms with Crippen LogP contribution in [0.1, 0.15) is 18.4 Å². The number of amides is 1. The SMILES string of the molecule is COc1ccccc1Oc1cccc(CN2CCC3(CC2)C(=O)NCN3c2ccccc2)c1. The summed E-state index contributed by atoms with van der Waals surface area (Å²) in [6.45, 7) is 3.14. The quantitative estimate of drug-likeness (QED) is 0.611. The third kappa shape index (κ3) is 4.26. The smallest absolute Gasteiger partial charge is 0.247 e. The van der Waals surface area contributed by atoms with E-state index in [4.69, 9.17) is 9.47 Å². The van der Waals surface area contributed by atoms with Crippen molar-refractivity contribution in [1.29, 1.82) is 0 Å². The molecule has 0 aromatic heterocycles. The predicted molar refractivity (Wildman–Crippen MR) is 129 cm³/mol. The van der Waals surface area contributed by atoms with Gasteiger partial charge in [-0.2, -0.15) is 0 Å². The van der Waals surface area contributed by atoms with Crippen molar-refractivity contribution in [1.82, 2.24) is 10.2 Å². The molecule has 5 rings (SSSR count). The van der Waals surface area contributed by atoms with Crippen LogP contribution in [0.3, 0.4) is 0 Å². The molecule has 6 heteroatoms. The molecule has 1 amide bonds. The average molecular weight is 444 g/mol. The second-order valence-electron chi connectivity index (χ2n) is 8.64. The molecule has 0 aliphatic carbocycles. The van der Waals surface area contributed by atoms with Crippen molar-refractivity contribution in [2.75, 3.05) is 31.8 Å². The molecule has 0 saturated carbocycles. The van der Waals surface area contributed by atoms with Crippen molar-refractivity contribution in [2.24, 2.45) is 0 Å². The van der Waals surface area contributed by atoms with Crippen LogP contribution in [-0.4, -0.2) is 43.2 Å². The number of benzene rings is 3. The number of carbonyl (C=O) groups is 1. The number of likely N-dealkylation sites (tertiary alicyclic amines) is 1. The fourth-order valence-electron chi connectivity index (χ4n) is 4.91. The number of ether oxygens (including phenoxy) is 2. The first-order valence-corrected chi connectivity index (χ1v) is 11.4. The third-order valence-corrected chi connectivity index (χ3v) is 6.69. The molecule has 1 N–H and O–H groups in total. The van der Waals surface area contributed by atoms with Crippen LogP contribution in [0.5, 0.6) is 17.2 Å². The topological polar surface area (TPSA) is 54.0 Å². The molecule has 3 aromatic carbocycles. The van der Waals surface area contributed by atoms with Crippen molar-refractivity contribution in [3.05, 3.63) is 84.4 Å².